The molecule has 0 spiro atoms. The van der Waals surface area contributed by atoms with Crippen molar-refractivity contribution >= 4 is 33.5 Å². The van der Waals surface area contributed by atoms with E-state index < -0.39 is 5.97 Å². The number of rotatable bonds is 4. The lowest BCUT2D eigenvalue weighted by Gasteiger charge is -2.08. The summed E-state index contributed by atoms with van der Waals surface area (Å²) >= 11 is 3.36. The third kappa shape index (κ3) is 3.73. The van der Waals surface area contributed by atoms with E-state index in [-0.39, 0.29) is 5.57 Å². The van der Waals surface area contributed by atoms with Gasteiger partial charge in [-0.1, -0.05) is 34.1 Å². The van der Waals surface area contributed by atoms with Crippen molar-refractivity contribution in [1.82, 2.24) is 0 Å². The molecular formula is C17H15BrO3. The summed E-state index contributed by atoms with van der Waals surface area (Å²) in [5.74, 6) is -0.213. The van der Waals surface area contributed by atoms with Crippen LogP contribution < -0.4 is 4.74 Å². The van der Waals surface area contributed by atoms with Gasteiger partial charge in [0.05, 0.1) is 12.7 Å². The Morgan fingerprint density at radius 3 is 2.38 bits per heavy atom. The van der Waals surface area contributed by atoms with Crippen LogP contribution in [0.3, 0.4) is 0 Å². The summed E-state index contributed by atoms with van der Waals surface area (Å²) in [5, 5.41) is 9.45. The van der Waals surface area contributed by atoms with E-state index in [9.17, 15) is 9.90 Å². The molecule has 0 radical (unpaired) electrons. The molecule has 2 rings (SSSR count). The van der Waals surface area contributed by atoms with Crippen molar-refractivity contribution < 1.29 is 14.6 Å². The molecule has 0 saturated heterocycles. The van der Waals surface area contributed by atoms with Crippen LogP contribution in [0.5, 0.6) is 5.75 Å². The second-order valence-corrected chi connectivity index (χ2v) is 5.51. The SMILES string of the molecule is COc1ccc(/C(=C/c2ccc(Br)cc2)C(=O)O)cc1C. The number of carboxylic acids is 1. The van der Waals surface area contributed by atoms with Gasteiger partial charge in [-0.15, -0.1) is 0 Å². The van der Waals surface area contributed by atoms with Gasteiger partial charge < -0.3 is 9.84 Å². The average Bonchev–Trinajstić information content (AvgIpc) is 2.46. The normalized spacial score (nSPS) is 11.3. The van der Waals surface area contributed by atoms with Crippen LogP contribution in [-0.4, -0.2) is 18.2 Å². The molecule has 0 bridgehead atoms. The van der Waals surface area contributed by atoms with Crippen LogP contribution in [0.1, 0.15) is 16.7 Å². The summed E-state index contributed by atoms with van der Waals surface area (Å²) in [6.07, 6.45) is 1.66. The molecule has 0 atom stereocenters. The van der Waals surface area contributed by atoms with Crippen molar-refractivity contribution in [2.45, 2.75) is 6.92 Å². The zero-order valence-corrected chi connectivity index (χ0v) is 13.3. The van der Waals surface area contributed by atoms with Crippen molar-refractivity contribution in [2.75, 3.05) is 7.11 Å². The second-order valence-electron chi connectivity index (χ2n) is 4.60. The Kier molecular flexibility index (Phi) is 4.81. The van der Waals surface area contributed by atoms with Gasteiger partial charge in [0.15, 0.2) is 0 Å². The number of aliphatic carboxylic acids is 1. The lowest BCUT2D eigenvalue weighted by atomic mass is 10.0. The van der Waals surface area contributed by atoms with E-state index in [1.54, 1.807) is 25.3 Å². The van der Waals surface area contributed by atoms with Crippen LogP contribution in [0.15, 0.2) is 46.9 Å². The van der Waals surface area contributed by atoms with Gasteiger partial charge in [-0.25, -0.2) is 4.79 Å². The topological polar surface area (TPSA) is 46.5 Å². The van der Waals surface area contributed by atoms with E-state index in [0.717, 1.165) is 21.3 Å². The predicted molar refractivity (Wildman–Crippen MR) is 87.4 cm³/mol. The number of carboxylic acid groups (broad SMARTS) is 1. The highest BCUT2D eigenvalue weighted by Crippen LogP contribution is 2.25. The van der Waals surface area contributed by atoms with Gasteiger partial charge in [0.1, 0.15) is 5.75 Å². The number of ether oxygens (including phenoxy) is 1. The van der Waals surface area contributed by atoms with E-state index in [4.69, 9.17) is 4.74 Å². The Balaban J connectivity index is 2.46. The van der Waals surface area contributed by atoms with Gasteiger partial charge in [-0.3, -0.25) is 0 Å². The molecule has 0 fully saturated rings. The number of hydrogen-bond acceptors (Lipinski definition) is 2. The lowest BCUT2D eigenvalue weighted by Crippen LogP contribution is -2.00. The van der Waals surface area contributed by atoms with E-state index in [1.165, 1.54) is 0 Å². The van der Waals surface area contributed by atoms with Gasteiger partial charge in [-0.05, 0) is 54.0 Å². The van der Waals surface area contributed by atoms with Crippen LogP contribution in [0.2, 0.25) is 0 Å². The lowest BCUT2D eigenvalue weighted by molar-refractivity contribution is -0.130. The summed E-state index contributed by atoms with van der Waals surface area (Å²) in [6, 6.07) is 12.8. The molecule has 108 valence electrons. The molecule has 0 saturated carbocycles. The Hall–Kier alpha value is -2.07. The highest BCUT2D eigenvalue weighted by atomic mass is 79.9. The summed E-state index contributed by atoms with van der Waals surface area (Å²) < 4.78 is 6.15. The highest BCUT2D eigenvalue weighted by Gasteiger charge is 2.12. The van der Waals surface area contributed by atoms with E-state index in [2.05, 4.69) is 15.9 Å². The third-order valence-corrected chi connectivity index (χ3v) is 3.65. The minimum atomic E-state index is -0.956. The fourth-order valence-electron chi connectivity index (χ4n) is 2.04. The molecule has 0 amide bonds. The molecule has 0 aliphatic carbocycles. The van der Waals surface area contributed by atoms with Gasteiger partial charge in [0.25, 0.3) is 0 Å². The van der Waals surface area contributed by atoms with Crippen LogP contribution in [0, 0.1) is 6.92 Å². The fraction of sp³-hybridized carbons (Fsp3) is 0.118. The first kappa shape index (κ1) is 15.3. The highest BCUT2D eigenvalue weighted by molar-refractivity contribution is 9.10. The number of aryl methyl sites for hydroxylation is 1. The van der Waals surface area contributed by atoms with Crippen molar-refractivity contribution in [3.8, 4) is 5.75 Å². The molecule has 0 heterocycles. The molecule has 4 heteroatoms. The summed E-state index contributed by atoms with van der Waals surface area (Å²) in [6.45, 7) is 1.89. The quantitative estimate of drug-likeness (QED) is 0.659. The van der Waals surface area contributed by atoms with Crippen LogP contribution in [0.4, 0.5) is 0 Å². The Morgan fingerprint density at radius 1 is 1.19 bits per heavy atom. The van der Waals surface area contributed by atoms with E-state index in [1.807, 2.05) is 37.3 Å². The number of halogens is 1. The first-order valence-electron chi connectivity index (χ1n) is 6.37. The Morgan fingerprint density at radius 2 is 1.86 bits per heavy atom. The molecule has 0 aliphatic rings. The molecule has 3 nitrogen and oxygen atoms in total. The summed E-state index contributed by atoms with van der Waals surface area (Å²) in [7, 11) is 1.60. The Labute approximate surface area is 132 Å². The predicted octanol–water partition coefficient (Wildman–Crippen LogP) is 4.39. The largest absolute Gasteiger partial charge is 0.496 e. The number of carbonyl (C=O) groups is 1. The molecular weight excluding hydrogens is 332 g/mol. The molecule has 21 heavy (non-hydrogen) atoms. The van der Waals surface area contributed by atoms with Crippen LogP contribution in [-0.2, 0) is 4.79 Å². The van der Waals surface area contributed by atoms with E-state index >= 15 is 0 Å². The van der Waals surface area contributed by atoms with Gasteiger partial charge in [0, 0.05) is 4.47 Å². The van der Waals surface area contributed by atoms with Gasteiger partial charge in [0.2, 0.25) is 0 Å². The standard InChI is InChI=1S/C17H15BrO3/c1-11-9-13(5-8-16(11)21-2)15(17(19)20)10-12-3-6-14(18)7-4-12/h3-10H,1-2H3,(H,19,20)/b15-10-. The van der Waals surface area contributed by atoms with Gasteiger partial charge in [-0.2, -0.15) is 0 Å². The molecule has 0 unspecified atom stereocenters. The van der Waals surface area contributed by atoms with Crippen molar-refractivity contribution in [3.05, 3.63) is 63.6 Å². The van der Waals surface area contributed by atoms with Crippen LogP contribution >= 0.6 is 15.9 Å². The first-order valence-corrected chi connectivity index (χ1v) is 7.16. The molecule has 2 aromatic carbocycles. The number of methoxy groups -OCH3 is 1. The van der Waals surface area contributed by atoms with Gasteiger partial charge >= 0.3 is 5.97 Å². The molecule has 2 aromatic rings. The van der Waals surface area contributed by atoms with Crippen molar-refractivity contribution in [1.29, 1.82) is 0 Å². The number of hydrogen-bond donors (Lipinski definition) is 1. The van der Waals surface area contributed by atoms with Crippen molar-refractivity contribution in [3.63, 3.8) is 0 Å². The maximum atomic E-state index is 11.5. The molecule has 0 aromatic heterocycles. The minimum absolute atomic E-state index is 0.253. The second kappa shape index (κ2) is 6.59. The maximum Gasteiger partial charge on any atom is 0.336 e. The fourth-order valence-corrected chi connectivity index (χ4v) is 2.30. The first-order chi connectivity index (χ1) is 10.0. The monoisotopic (exact) mass is 346 g/mol. The van der Waals surface area contributed by atoms with Crippen LogP contribution in [0.25, 0.3) is 11.6 Å². The third-order valence-electron chi connectivity index (χ3n) is 3.12. The molecule has 0 aliphatic heterocycles. The maximum absolute atomic E-state index is 11.5. The zero-order chi connectivity index (χ0) is 15.4. The zero-order valence-electron chi connectivity index (χ0n) is 11.8. The summed E-state index contributed by atoms with van der Waals surface area (Å²) in [4.78, 5) is 11.5. The smallest absolute Gasteiger partial charge is 0.336 e. The van der Waals surface area contributed by atoms with E-state index in [0.29, 0.717) is 5.56 Å². The number of benzene rings is 2. The Bertz CT molecular complexity index is 688. The minimum Gasteiger partial charge on any atom is -0.496 e. The molecule has 1 N–H and O–H groups in total. The summed E-state index contributed by atoms with van der Waals surface area (Å²) in [5.41, 5.74) is 2.65. The van der Waals surface area contributed by atoms with Crippen molar-refractivity contribution in [2.24, 2.45) is 0 Å². The average molecular weight is 347 g/mol.